The third-order valence-electron chi connectivity index (χ3n) is 3.15. The summed E-state index contributed by atoms with van der Waals surface area (Å²) in [6.07, 6.45) is 1.77. The number of hydrogen-bond acceptors (Lipinski definition) is 6. The number of hydrogen-bond donors (Lipinski definition) is 2. The van der Waals surface area contributed by atoms with E-state index in [4.69, 9.17) is 0 Å². The second-order valence-corrected chi connectivity index (χ2v) is 7.49. The smallest absolute Gasteiger partial charge is 0.303 e. The van der Waals surface area contributed by atoms with Crippen LogP contribution in [0.3, 0.4) is 0 Å². The zero-order chi connectivity index (χ0) is 13.9. The molecule has 108 valence electrons. The molecule has 1 saturated heterocycles. The van der Waals surface area contributed by atoms with Gasteiger partial charge in [0.2, 0.25) is 5.13 Å². The number of aryl methyl sites for hydroxylation is 1. The molecule has 1 aliphatic rings. The molecule has 1 fully saturated rings. The average molecular weight is 305 g/mol. The molecular formula is C10H19N5O2S2. The minimum absolute atomic E-state index is 0.329. The van der Waals surface area contributed by atoms with Gasteiger partial charge in [0, 0.05) is 13.1 Å². The van der Waals surface area contributed by atoms with E-state index >= 15 is 0 Å². The van der Waals surface area contributed by atoms with E-state index in [2.05, 4.69) is 20.2 Å². The quantitative estimate of drug-likeness (QED) is 0.824. The van der Waals surface area contributed by atoms with Crippen molar-refractivity contribution in [3.05, 3.63) is 5.01 Å². The summed E-state index contributed by atoms with van der Waals surface area (Å²) in [6.45, 7) is 3.84. The molecule has 9 heteroatoms. The maximum Gasteiger partial charge on any atom is 0.303 e. The Morgan fingerprint density at radius 3 is 2.58 bits per heavy atom. The molecule has 0 aromatic carbocycles. The molecule has 0 amide bonds. The summed E-state index contributed by atoms with van der Waals surface area (Å²) in [4.78, 5) is 0. The molecule has 0 unspecified atom stereocenters. The Hall–Kier alpha value is -0.770. The van der Waals surface area contributed by atoms with Gasteiger partial charge in [0.25, 0.3) is 0 Å². The van der Waals surface area contributed by atoms with Crippen molar-refractivity contribution < 1.29 is 8.42 Å². The van der Waals surface area contributed by atoms with Crippen LogP contribution < -0.4 is 10.0 Å². The Kier molecular flexibility index (Phi) is 4.71. The summed E-state index contributed by atoms with van der Waals surface area (Å²) in [5, 5.41) is 11.8. The van der Waals surface area contributed by atoms with Gasteiger partial charge in [-0.15, -0.1) is 10.2 Å². The van der Waals surface area contributed by atoms with Gasteiger partial charge in [0.15, 0.2) is 0 Å². The van der Waals surface area contributed by atoms with Crippen LogP contribution in [0, 0.1) is 12.8 Å². The number of nitrogens with zero attached hydrogens (tertiary/aromatic N) is 3. The van der Waals surface area contributed by atoms with Gasteiger partial charge >= 0.3 is 10.2 Å². The van der Waals surface area contributed by atoms with E-state index in [1.165, 1.54) is 15.6 Å². The van der Waals surface area contributed by atoms with Crippen molar-refractivity contribution in [2.24, 2.45) is 5.92 Å². The van der Waals surface area contributed by atoms with Crippen molar-refractivity contribution in [2.75, 3.05) is 31.4 Å². The van der Waals surface area contributed by atoms with E-state index in [1.54, 1.807) is 6.92 Å². The molecule has 1 aromatic heterocycles. The van der Waals surface area contributed by atoms with Crippen molar-refractivity contribution in [1.82, 2.24) is 19.8 Å². The molecule has 19 heavy (non-hydrogen) atoms. The van der Waals surface area contributed by atoms with E-state index in [0.29, 0.717) is 24.1 Å². The van der Waals surface area contributed by atoms with Crippen molar-refractivity contribution in [2.45, 2.75) is 19.8 Å². The molecule has 0 spiro atoms. The molecule has 2 heterocycles. The van der Waals surface area contributed by atoms with Gasteiger partial charge in [-0.05, 0) is 39.3 Å². The highest BCUT2D eigenvalue weighted by Crippen LogP contribution is 2.21. The Bertz CT molecular complexity index is 508. The highest BCUT2D eigenvalue weighted by molar-refractivity contribution is 7.90. The molecule has 2 N–H and O–H groups in total. The third-order valence-corrected chi connectivity index (χ3v) is 5.53. The van der Waals surface area contributed by atoms with Gasteiger partial charge in [0.05, 0.1) is 0 Å². The summed E-state index contributed by atoms with van der Waals surface area (Å²) >= 11 is 1.24. The van der Waals surface area contributed by atoms with Crippen LogP contribution in [0.4, 0.5) is 5.13 Å². The Balaban J connectivity index is 1.94. The Morgan fingerprint density at radius 2 is 2.05 bits per heavy atom. The molecule has 0 radical (unpaired) electrons. The van der Waals surface area contributed by atoms with Crippen molar-refractivity contribution in [1.29, 1.82) is 0 Å². The lowest BCUT2D eigenvalue weighted by Gasteiger charge is -2.30. The van der Waals surface area contributed by atoms with Crippen LogP contribution in [0.15, 0.2) is 0 Å². The maximum absolute atomic E-state index is 12.2. The fourth-order valence-corrected chi connectivity index (χ4v) is 4.16. The summed E-state index contributed by atoms with van der Waals surface area (Å²) in [6, 6.07) is 0. The molecule has 0 aliphatic carbocycles. The largest absolute Gasteiger partial charge is 0.319 e. The summed E-state index contributed by atoms with van der Waals surface area (Å²) in [7, 11) is -1.57. The SMILES string of the molecule is CNCC1CCN(S(=O)(=O)Nc2nnc(C)s2)CC1. The summed E-state index contributed by atoms with van der Waals surface area (Å²) in [5.41, 5.74) is 0. The number of nitrogens with one attached hydrogen (secondary N) is 2. The van der Waals surface area contributed by atoms with Crippen LogP contribution in [-0.4, -0.2) is 49.6 Å². The van der Waals surface area contributed by atoms with Gasteiger partial charge in [-0.1, -0.05) is 11.3 Å². The van der Waals surface area contributed by atoms with Gasteiger partial charge in [-0.3, -0.25) is 0 Å². The van der Waals surface area contributed by atoms with Gasteiger partial charge in [-0.25, -0.2) is 4.72 Å². The Morgan fingerprint density at radius 1 is 1.37 bits per heavy atom. The van der Waals surface area contributed by atoms with E-state index in [1.807, 2.05) is 7.05 Å². The Labute approximate surface area is 117 Å². The van der Waals surface area contributed by atoms with Crippen molar-refractivity contribution >= 4 is 26.7 Å². The molecule has 0 saturated carbocycles. The predicted molar refractivity (Wildman–Crippen MR) is 75.4 cm³/mol. The molecule has 7 nitrogen and oxygen atoms in total. The topological polar surface area (TPSA) is 87.2 Å². The lowest BCUT2D eigenvalue weighted by Crippen LogP contribution is -2.43. The van der Waals surface area contributed by atoms with E-state index in [-0.39, 0.29) is 0 Å². The normalized spacial score (nSPS) is 18.6. The van der Waals surface area contributed by atoms with Gasteiger partial charge in [0.1, 0.15) is 5.01 Å². The van der Waals surface area contributed by atoms with Crippen LogP contribution in [0.1, 0.15) is 17.8 Å². The van der Waals surface area contributed by atoms with E-state index in [0.717, 1.165) is 24.4 Å². The van der Waals surface area contributed by atoms with Crippen LogP contribution >= 0.6 is 11.3 Å². The lowest BCUT2D eigenvalue weighted by molar-refractivity contribution is 0.272. The monoisotopic (exact) mass is 305 g/mol. The molecule has 1 aromatic rings. The fraction of sp³-hybridized carbons (Fsp3) is 0.800. The second-order valence-electron chi connectivity index (χ2n) is 4.63. The summed E-state index contributed by atoms with van der Waals surface area (Å²) < 4.78 is 28.3. The van der Waals surface area contributed by atoms with Gasteiger partial charge in [-0.2, -0.15) is 12.7 Å². The van der Waals surface area contributed by atoms with Crippen LogP contribution in [0.5, 0.6) is 0 Å². The first-order valence-electron chi connectivity index (χ1n) is 6.24. The number of aromatic nitrogens is 2. The highest BCUT2D eigenvalue weighted by Gasteiger charge is 2.28. The van der Waals surface area contributed by atoms with Crippen LogP contribution in [0.25, 0.3) is 0 Å². The van der Waals surface area contributed by atoms with Crippen molar-refractivity contribution in [3.8, 4) is 0 Å². The van der Waals surface area contributed by atoms with E-state index in [9.17, 15) is 8.42 Å². The zero-order valence-electron chi connectivity index (χ0n) is 11.1. The number of rotatable bonds is 5. The predicted octanol–water partition coefficient (Wildman–Crippen LogP) is 0.435. The molecule has 1 aliphatic heterocycles. The minimum atomic E-state index is -3.49. The van der Waals surface area contributed by atoms with Crippen molar-refractivity contribution in [3.63, 3.8) is 0 Å². The molecule has 0 atom stereocenters. The minimum Gasteiger partial charge on any atom is -0.319 e. The first-order chi connectivity index (χ1) is 9.01. The molecular weight excluding hydrogens is 286 g/mol. The lowest BCUT2D eigenvalue weighted by atomic mass is 9.98. The zero-order valence-corrected chi connectivity index (χ0v) is 12.7. The maximum atomic E-state index is 12.2. The fourth-order valence-electron chi connectivity index (χ4n) is 2.16. The second kappa shape index (κ2) is 6.12. The summed E-state index contributed by atoms with van der Waals surface area (Å²) in [5.74, 6) is 0.556. The average Bonchev–Trinajstić information content (AvgIpc) is 2.75. The molecule has 0 bridgehead atoms. The standard InChI is InChI=1S/C10H19N5O2S2/c1-8-12-13-10(18-8)14-19(16,17)15-5-3-9(4-6-15)7-11-2/h9,11H,3-7H2,1-2H3,(H,13,14). The third kappa shape index (κ3) is 3.85. The molecule has 2 rings (SSSR count). The number of piperidine rings is 1. The van der Waals surface area contributed by atoms with Gasteiger partial charge < -0.3 is 5.32 Å². The van der Waals surface area contributed by atoms with Crippen LogP contribution in [0.2, 0.25) is 0 Å². The highest BCUT2D eigenvalue weighted by atomic mass is 32.2. The van der Waals surface area contributed by atoms with E-state index < -0.39 is 10.2 Å². The first-order valence-corrected chi connectivity index (χ1v) is 8.49. The van der Waals surface area contributed by atoms with Crippen LogP contribution in [-0.2, 0) is 10.2 Å². The number of anilines is 1. The first kappa shape index (κ1) is 14.6.